The van der Waals surface area contributed by atoms with E-state index < -0.39 is 17.5 Å². The van der Waals surface area contributed by atoms with Crippen molar-refractivity contribution in [3.63, 3.8) is 0 Å². The normalized spacial score (nSPS) is 10.7. The molecule has 0 fully saturated rings. The Morgan fingerprint density at radius 3 is 2.46 bits per heavy atom. The largest absolute Gasteiger partial charge is 0.206 e. The molecule has 0 saturated heterocycles. The predicted octanol–water partition coefficient (Wildman–Crippen LogP) is 3.06. The van der Waals surface area contributed by atoms with Crippen LogP contribution in [-0.2, 0) is 0 Å². The lowest BCUT2D eigenvalue weighted by Gasteiger charge is -2.00. The second-order valence-electron chi connectivity index (χ2n) is 2.61. The van der Waals surface area contributed by atoms with Crippen molar-refractivity contribution in [3.8, 4) is 0 Å². The van der Waals surface area contributed by atoms with Crippen LogP contribution in [-0.4, -0.2) is 0 Å². The highest BCUT2D eigenvalue weighted by Crippen LogP contribution is 2.21. The second kappa shape index (κ2) is 2.76. The van der Waals surface area contributed by atoms with Gasteiger partial charge in [0.05, 0.1) is 0 Å². The van der Waals surface area contributed by atoms with E-state index in [-0.39, 0.29) is 10.8 Å². The van der Waals surface area contributed by atoms with Crippen LogP contribution in [0.3, 0.4) is 0 Å². The third kappa shape index (κ3) is 1.16. The molecule has 2 rings (SSSR count). The fourth-order valence-corrected chi connectivity index (χ4v) is 1.18. The van der Waals surface area contributed by atoms with Gasteiger partial charge in [-0.1, -0.05) is 6.07 Å². The summed E-state index contributed by atoms with van der Waals surface area (Å²) in [4.78, 5) is 0. The zero-order chi connectivity index (χ0) is 9.42. The quantitative estimate of drug-likeness (QED) is 0.585. The average Bonchev–Trinajstić information content (AvgIpc) is 2.12. The van der Waals surface area contributed by atoms with Crippen molar-refractivity contribution >= 4 is 10.8 Å². The van der Waals surface area contributed by atoms with E-state index in [2.05, 4.69) is 6.07 Å². The van der Waals surface area contributed by atoms with Crippen LogP contribution >= 0.6 is 0 Å². The van der Waals surface area contributed by atoms with Crippen molar-refractivity contribution in [2.24, 2.45) is 0 Å². The van der Waals surface area contributed by atoms with Crippen LogP contribution in [0.25, 0.3) is 10.8 Å². The van der Waals surface area contributed by atoms with Gasteiger partial charge in [0, 0.05) is 10.8 Å². The maximum atomic E-state index is 13.0. The van der Waals surface area contributed by atoms with Crippen molar-refractivity contribution in [1.29, 1.82) is 0 Å². The van der Waals surface area contributed by atoms with Gasteiger partial charge in [-0.25, -0.2) is 13.2 Å². The Hall–Kier alpha value is -1.51. The first-order valence-corrected chi connectivity index (χ1v) is 3.64. The molecule has 0 heterocycles. The summed E-state index contributed by atoms with van der Waals surface area (Å²) in [5.41, 5.74) is 0. The fraction of sp³-hybridized carbons (Fsp3) is 0. The van der Waals surface area contributed by atoms with E-state index in [9.17, 15) is 13.2 Å². The molecule has 0 amide bonds. The van der Waals surface area contributed by atoms with Crippen molar-refractivity contribution in [1.82, 2.24) is 0 Å². The van der Waals surface area contributed by atoms with Crippen molar-refractivity contribution < 1.29 is 13.2 Å². The minimum atomic E-state index is -1.06. The van der Waals surface area contributed by atoms with Gasteiger partial charge in [-0.15, -0.1) is 0 Å². The van der Waals surface area contributed by atoms with E-state index in [1.807, 2.05) is 0 Å². The molecule has 0 aromatic heterocycles. The first-order valence-electron chi connectivity index (χ1n) is 3.64. The summed E-state index contributed by atoms with van der Waals surface area (Å²) in [6, 6.07) is 6.91. The molecule has 0 unspecified atom stereocenters. The predicted molar refractivity (Wildman–Crippen MR) is 42.7 cm³/mol. The molecule has 13 heavy (non-hydrogen) atoms. The molecule has 0 aliphatic heterocycles. The molecule has 2 aromatic carbocycles. The highest BCUT2D eigenvalue weighted by molar-refractivity contribution is 5.83. The summed E-state index contributed by atoms with van der Waals surface area (Å²) in [7, 11) is 0. The molecule has 2 aromatic rings. The van der Waals surface area contributed by atoms with E-state index in [4.69, 9.17) is 0 Å². The van der Waals surface area contributed by atoms with Crippen molar-refractivity contribution in [3.05, 3.63) is 47.8 Å². The Balaban J connectivity index is 2.94. The molecule has 0 atom stereocenters. The highest BCUT2D eigenvalue weighted by Gasteiger charge is 2.08. The van der Waals surface area contributed by atoms with Gasteiger partial charge >= 0.3 is 0 Å². The van der Waals surface area contributed by atoms with Gasteiger partial charge in [-0.2, -0.15) is 0 Å². The van der Waals surface area contributed by atoms with Crippen molar-refractivity contribution in [2.45, 2.75) is 0 Å². The Labute approximate surface area is 72.6 Å². The fourth-order valence-electron chi connectivity index (χ4n) is 1.18. The lowest BCUT2D eigenvalue weighted by molar-refractivity contribution is 0.516. The third-order valence-corrected chi connectivity index (χ3v) is 1.81. The van der Waals surface area contributed by atoms with E-state index in [1.54, 1.807) is 0 Å². The minimum Gasteiger partial charge on any atom is -0.206 e. The average molecular weight is 181 g/mol. The van der Waals surface area contributed by atoms with Crippen LogP contribution in [0.2, 0.25) is 0 Å². The summed E-state index contributed by atoms with van der Waals surface area (Å²) < 4.78 is 38.7. The number of benzene rings is 2. The van der Waals surface area contributed by atoms with Crippen molar-refractivity contribution in [2.75, 3.05) is 0 Å². The highest BCUT2D eigenvalue weighted by atomic mass is 19.2. The van der Waals surface area contributed by atoms with Crippen LogP contribution in [0.5, 0.6) is 0 Å². The standard InChI is InChI=1S/C10H4F3/c11-8-3-1-2-7-6(8)4-5-9(12)10(7)13/h1,3-5H. The molecular formula is C10H4F3. The number of hydrogen-bond donors (Lipinski definition) is 0. The van der Waals surface area contributed by atoms with Gasteiger partial charge in [-0.05, 0) is 24.3 Å². The summed E-state index contributed by atoms with van der Waals surface area (Å²) in [6.45, 7) is 0. The molecule has 0 aliphatic carbocycles. The maximum absolute atomic E-state index is 13.0. The van der Waals surface area contributed by atoms with E-state index >= 15 is 0 Å². The summed E-state index contributed by atoms with van der Waals surface area (Å²) >= 11 is 0. The van der Waals surface area contributed by atoms with Crippen LogP contribution in [0, 0.1) is 23.5 Å². The molecule has 0 N–H and O–H groups in total. The molecule has 65 valence electrons. The molecule has 0 spiro atoms. The minimum absolute atomic E-state index is 0.0430. The Morgan fingerprint density at radius 1 is 0.923 bits per heavy atom. The SMILES string of the molecule is Fc1ccc2c(F)cc[c]c2c1F. The molecule has 3 heteroatoms. The number of hydrogen-bond acceptors (Lipinski definition) is 0. The van der Waals surface area contributed by atoms with Gasteiger partial charge in [0.15, 0.2) is 11.6 Å². The first-order chi connectivity index (χ1) is 6.20. The Kier molecular flexibility index (Phi) is 1.72. The zero-order valence-electron chi connectivity index (χ0n) is 6.44. The zero-order valence-corrected chi connectivity index (χ0v) is 6.44. The Morgan fingerprint density at radius 2 is 1.69 bits per heavy atom. The molecule has 0 nitrogen and oxygen atoms in total. The van der Waals surface area contributed by atoms with Crippen LogP contribution < -0.4 is 0 Å². The van der Waals surface area contributed by atoms with Crippen LogP contribution in [0.15, 0.2) is 24.3 Å². The summed E-state index contributed by atoms with van der Waals surface area (Å²) in [6.07, 6.45) is 0. The second-order valence-corrected chi connectivity index (χ2v) is 2.61. The summed E-state index contributed by atoms with van der Waals surface area (Å²) in [5, 5.41) is -0.110. The lowest BCUT2D eigenvalue weighted by Crippen LogP contribution is -1.88. The van der Waals surface area contributed by atoms with E-state index in [1.165, 1.54) is 12.1 Å². The lowest BCUT2D eigenvalue weighted by atomic mass is 10.1. The van der Waals surface area contributed by atoms with Gasteiger partial charge in [0.1, 0.15) is 5.82 Å². The number of halogens is 3. The summed E-state index contributed by atoms with van der Waals surface area (Å²) in [5.74, 6) is -2.63. The van der Waals surface area contributed by atoms with E-state index in [0.717, 1.165) is 12.1 Å². The molecule has 1 radical (unpaired) electrons. The van der Waals surface area contributed by atoms with Gasteiger partial charge in [0.2, 0.25) is 0 Å². The topological polar surface area (TPSA) is 0 Å². The molecule has 0 aliphatic rings. The smallest absolute Gasteiger partial charge is 0.167 e. The van der Waals surface area contributed by atoms with Crippen LogP contribution in [0.1, 0.15) is 0 Å². The van der Waals surface area contributed by atoms with E-state index in [0.29, 0.717) is 0 Å². The monoisotopic (exact) mass is 181 g/mol. The number of fused-ring (bicyclic) bond motifs is 1. The molecule has 0 saturated carbocycles. The van der Waals surface area contributed by atoms with Crippen LogP contribution in [0.4, 0.5) is 13.2 Å². The third-order valence-electron chi connectivity index (χ3n) is 1.81. The Bertz CT molecular complexity index is 463. The van der Waals surface area contributed by atoms with Gasteiger partial charge in [-0.3, -0.25) is 0 Å². The molecule has 0 bridgehead atoms. The molecular weight excluding hydrogens is 177 g/mol. The van der Waals surface area contributed by atoms with Gasteiger partial charge < -0.3 is 0 Å². The first kappa shape index (κ1) is 8.10. The maximum Gasteiger partial charge on any atom is 0.167 e. The number of rotatable bonds is 0. The van der Waals surface area contributed by atoms with Gasteiger partial charge in [0.25, 0.3) is 0 Å².